The van der Waals surface area contributed by atoms with Crippen LogP contribution in [-0.2, 0) is 17.8 Å². The third-order valence-corrected chi connectivity index (χ3v) is 9.66. The molecule has 3 aliphatic rings. The largest absolute Gasteiger partial charge is 1.00 e. The molecular weight excluding hydrogens is 535 g/mol. The fraction of sp³-hybridized carbons (Fsp3) is 0.486. The van der Waals surface area contributed by atoms with Crippen molar-refractivity contribution in [3.05, 3.63) is 77.0 Å². The summed E-state index contributed by atoms with van der Waals surface area (Å²) in [7, 11) is 1.64. The first-order chi connectivity index (χ1) is 19.7. The van der Waals surface area contributed by atoms with E-state index >= 15 is 0 Å². The van der Waals surface area contributed by atoms with Crippen molar-refractivity contribution < 1.29 is 48.9 Å². The number of ether oxygens (including phenoxy) is 2. The van der Waals surface area contributed by atoms with E-state index in [-0.39, 0.29) is 47.1 Å². The van der Waals surface area contributed by atoms with Crippen molar-refractivity contribution >= 4 is 5.97 Å². The molecular formula is C35H41N2NaO4. The van der Waals surface area contributed by atoms with Gasteiger partial charge in [-0.3, -0.25) is 4.90 Å². The Morgan fingerprint density at radius 3 is 2.60 bits per heavy atom. The number of hydrogen-bond acceptors (Lipinski definition) is 6. The Bertz CT molecular complexity index is 1440. The molecule has 6 nitrogen and oxygen atoms in total. The van der Waals surface area contributed by atoms with E-state index in [0.717, 1.165) is 61.2 Å². The molecule has 1 aliphatic carbocycles. The summed E-state index contributed by atoms with van der Waals surface area (Å²) < 4.78 is 12.2. The van der Waals surface area contributed by atoms with Crippen molar-refractivity contribution in [1.82, 2.24) is 9.88 Å². The predicted molar refractivity (Wildman–Crippen MR) is 158 cm³/mol. The van der Waals surface area contributed by atoms with Gasteiger partial charge in [0.1, 0.15) is 11.9 Å². The minimum atomic E-state index is -0.972. The fourth-order valence-corrected chi connectivity index (χ4v) is 6.98. The van der Waals surface area contributed by atoms with Crippen LogP contribution >= 0.6 is 0 Å². The molecule has 2 aromatic carbocycles. The Labute approximate surface area is 272 Å². The summed E-state index contributed by atoms with van der Waals surface area (Å²) in [5.74, 6) is 0.392. The van der Waals surface area contributed by atoms with Crippen LogP contribution in [0.1, 0.15) is 87.2 Å². The van der Waals surface area contributed by atoms with Gasteiger partial charge in [0.15, 0.2) is 0 Å². The Hall–Kier alpha value is -2.38. The first kappa shape index (κ1) is 31.1. The number of aliphatic carboxylic acids is 1. The van der Waals surface area contributed by atoms with Gasteiger partial charge in [-0.15, -0.1) is 0 Å². The number of carboxylic acid groups (broad SMARTS) is 1. The predicted octanol–water partition coefficient (Wildman–Crippen LogP) is 3.08. The van der Waals surface area contributed by atoms with Crippen LogP contribution in [0.3, 0.4) is 0 Å². The molecule has 2 fully saturated rings. The summed E-state index contributed by atoms with van der Waals surface area (Å²) in [6.07, 6.45) is 8.15. The molecule has 1 aromatic heterocycles. The first-order valence-corrected chi connectivity index (χ1v) is 15.1. The average molecular weight is 577 g/mol. The summed E-state index contributed by atoms with van der Waals surface area (Å²) in [4.78, 5) is 18.7. The summed E-state index contributed by atoms with van der Waals surface area (Å²) >= 11 is 0. The number of nitrogens with zero attached hydrogens (tertiary/aromatic N) is 2. The molecule has 3 heterocycles. The Morgan fingerprint density at radius 2 is 1.90 bits per heavy atom. The van der Waals surface area contributed by atoms with Gasteiger partial charge >= 0.3 is 29.6 Å². The Morgan fingerprint density at radius 1 is 1.12 bits per heavy atom. The van der Waals surface area contributed by atoms with Crippen LogP contribution in [0.4, 0.5) is 0 Å². The van der Waals surface area contributed by atoms with Crippen LogP contribution < -0.4 is 44.1 Å². The van der Waals surface area contributed by atoms with Crippen molar-refractivity contribution in [3.63, 3.8) is 0 Å². The molecule has 3 aromatic rings. The van der Waals surface area contributed by atoms with E-state index in [4.69, 9.17) is 9.47 Å². The molecule has 2 aliphatic heterocycles. The van der Waals surface area contributed by atoms with Gasteiger partial charge < -0.3 is 19.4 Å². The molecule has 216 valence electrons. The third-order valence-electron chi connectivity index (χ3n) is 9.66. The van der Waals surface area contributed by atoms with E-state index in [1.54, 1.807) is 20.2 Å². The van der Waals surface area contributed by atoms with Gasteiger partial charge in [0, 0.05) is 36.2 Å². The van der Waals surface area contributed by atoms with E-state index in [2.05, 4.69) is 60.1 Å². The molecule has 0 amide bonds. The smallest absolute Gasteiger partial charge is 0.550 e. The second kappa shape index (κ2) is 12.7. The standard InChI is InChI=1S/C35H42N2O4.Na/c1-22(34(38)39)33(24-7-8-24)27-9-6-23-11-13-30(41-31(23)19-27)29-12-10-25(26-14-16-36-32(20-26)40-4)18-28(29)21-37-17-5-15-35(37,2)3;/h6,9-10,12,14,16,18-20,22,24,30,33H,5,7-8,11,13,15,17,21H2,1-4H3,(H,38,39);/q;+1/p-1/t22-,30?,33-;/m0./s1. The van der Waals surface area contributed by atoms with Crippen LogP contribution in [-0.4, -0.2) is 35.0 Å². The third kappa shape index (κ3) is 6.42. The number of rotatable bonds is 9. The van der Waals surface area contributed by atoms with Gasteiger partial charge in [-0.1, -0.05) is 31.2 Å². The van der Waals surface area contributed by atoms with Crippen molar-refractivity contribution in [2.45, 2.75) is 83.4 Å². The zero-order valence-corrected chi connectivity index (χ0v) is 27.7. The number of aromatic nitrogens is 1. The van der Waals surface area contributed by atoms with Gasteiger partial charge in [-0.05, 0) is 122 Å². The van der Waals surface area contributed by atoms with E-state index in [1.807, 2.05) is 12.1 Å². The van der Waals surface area contributed by atoms with Crippen molar-refractivity contribution in [1.29, 1.82) is 0 Å². The Kier molecular flexibility index (Phi) is 9.39. The SMILES string of the molecule is COc1cc(-c2ccc(C3CCc4ccc([C@H](C5CC5)[C@H](C)C(=O)[O-])cc4O3)c(CN3CCCC3(C)C)c2)ccn1.[Na+]. The normalized spacial score (nSPS) is 21.0. The number of fused-ring (bicyclic) bond motifs is 1. The van der Waals surface area contributed by atoms with E-state index in [9.17, 15) is 9.90 Å². The van der Waals surface area contributed by atoms with Crippen molar-refractivity contribution in [2.24, 2.45) is 11.8 Å². The number of pyridine rings is 1. The van der Waals surface area contributed by atoms with E-state index in [1.165, 1.54) is 29.5 Å². The second-order valence-corrected chi connectivity index (χ2v) is 12.8. The number of likely N-dealkylation sites (tertiary alicyclic amines) is 1. The fourth-order valence-electron chi connectivity index (χ4n) is 6.98. The molecule has 0 spiro atoms. The zero-order valence-electron chi connectivity index (χ0n) is 25.7. The van der Waals surface area contributed by atoms with Gasteiger partial charge in [0.25, 0.3) is 0 Å². The molecule has 0 bridgehead atoms. The number of carboxylic acids is 1. The molecule has 1 unspecified atom stereocenters. The maximum Gasteiger partial charge on any atom is 1.00 e. The minimum Gasteiger partial charge on any atom is -0.550 e. The van der Waals surface area contributed by atoms with Crippen LogP contribution in [0.25, 0.3) is 11.1 Å². The van der Waals surface area contributed by atoms with Crippen molar-refractivity contribution in [3.8, 4) is 22.8 Å². The number of hydrogen-bond donors (Lipinski definition) is 0. The monoisotopic (exact) mass is 576 g/mol. The summed E-state index contributed by atoms with van der Waals surface area (Å²) in [6, 6.07) is 17.1. The summed E-state index contributed by atoms with van der Waals surface area (Å²) in [5.41, 5.74) is 7.17. The average Bonchev–Trinajstić information content (AvgIpc) is 3.75. The summed E-state index contributed by atoms with van der Waals surface area (Å²) in [5, 5.41) is 11.8. The van der Waals surface area contributed by atoms with Gasteiger partial charge in [-0.25, -0.2) is 4.98 Å². The van der Waals surface area contributed by atoms with E-state index in [0.29, 0.717) is 11.8 Å². The molecule has 42 heavy (non-hydrogen) atoms. The van der Waals surface area contributed by atoms with E-state index < -0.39 is 11.9 Å². The van der Waals surface area contributed by atoms with Gasteiger partial charge in [0.05, 0.1) is 7.11 Å². The second-order valence-electron chi connectivity index (χ2n) is 12.8. The number of aryl methyl sites for hydroxylation is 1. The molecule has 1 saturated heterocycles. The number of benzene rings is 2. The summed E-state index contributed by atoms with van der Waals surface area (Å²) in [6.45, 7) is 8.44. The number of methoxy groups -OCH3 is 1. The van der Waals surface area contributed by atoms with Crippen molar-refractivity contribution in [2.75, 3.05) is 13.7 Å². The maximum absolute atomic E-state index is 11.8. The Balaban J connectivity index is 0.00000353. The molecule has 7 heteroatoms. The molecule has 1 saturated carbocycles. The van der Waals surface area contributed by atoms with Gasteiger partial charge in [0.2, 0.25) is 5.88 Å². The maximum atomic E-state index is 11.8. The molecule has 0 radical (unpaired) electrons. The molecule has 0 N–H and O–H groups in total. The topological polar surface area (TPSA) is 74.7 Å². The zero-order chi connectivity index (χ0) is 28.7. The minimum absolute atomic E-state index is 0. The number of carbonyl (C=O) groups excluding carboxylic acids is 1. The van der Waals surface area contributed by atoms with Crippen LogP contribution in [0.15, 0.2) is 54.7 Å². The van der Waals surface area contributed by atoms with Gasteiger partial charge in [-0.2, -0.15) is 0 Å². The molecule has 6 rings (SSSR count). The van der Waals surface area contributed by atoms with Crippen LogP contribution in [0.2, 0.25) is 0 Å². The molecule has 3 atom stereocenters. The van der Waals surface area contributed by atoms with Crippen LogP contribution in [0, 0.1) is 11.8 Å². The first-order valence-electron chi connectivity index (χ1n) is 15.1. The van der Waals surface area contributed by atoms with Crippen LogP contribution in [0.5, 0.6) is 11.6 Å². The quantitative estimate of drug-likeness (QED) is 0.365. The number of carbonyl (C=O) groups is 1.